The largest absolute Gasteiger partial charge is 0.320 e. The second kappa shape index (κ2) is 8.52. The number of anilines is 1. The van der Waals surface area contributed by atoms with Gasteiger partial charge in [0, 0.05) is 6.54 Å². The van der Waals surface area contributed by atoms with E-state index in [0.29, 0.717) is 22.6 Å². The first-order chi connectivity index (χ1) is 13.4. The summed E-state index contributed by atoms with van der Waals surface area (Å²) in [7, 11) is 0. The summed E-state index contributed by atoms with van der Waals surface area (Å²) in [6, 6.07) is 10.4. The van der Waals surface area contributed by atoms with Crippen molar-refractivity contribution in [1.82, 2.24) is 9.55 Å². The van der Waals surface area contributed by atoms with Crippen molar-refractivity contribution in [1.29, 1.82) is 0 Å². The summed E-state index contributed by atoms with van der Waals surface area (Å²) in [5.74, 6) is -2.23. The fourth-order valence-electron chi connectivity index (χ4n) is 2.71. The van der Waals surface area contributed by atoms with Crippen molar-refractivity contribution in [3.05, 3.63) is 64.5 Å². The summed E-state index contributed by atoms with van der Waals surface area (Å²) < 4.78 is 28.9. The average molecular weight is 403 g/mol. The molecule has 0 spiro atoms. The van der Waals surface area contributed by atoms with Gasteiger partial charge in [-0.2, -0.15) is 0 Å². The first-order valence-electron chi connectivity index (χ1n) is 8.73. The molecule has 1 amide bonds. The molecule has 0 aliphatic heterocycles. The second-order valence-electron chi connectivity index (χ2n) is 6.65. The Labute approximate surface area is 164 Å². The Kier molecular flexibility index (Phi) is 6.08. The molecule has 0 saturated carbocycles. The van der Waals surface area contributed by atoms with E-state index in [9.17, 15) is 18.4 Å². The lowest BCUT2D eigenvalue weighted by atomic mass is 10.2. The molecule has 0 saturated heterocycles. The lowest BCUT2D eigenvalue weighted by molar-refractivity contribution is -0.113. The number of fused-ring (bicyclic) bond motifs is 1. The molecule has 0 aliphatic rings. The summed E-state index contributed by atoms with van der Waals surface area (Å²) in [5.41, 5.74) is -0.128. The standard InChI is InChI=1S/C20H19F2N3O2S/c1-12(2)10-25-19(27)13-6-3-4-9-16(13)23-20(25)28-11-17(26)24-18-14(21)7-5-8-15(18)22/h3-9,12H,10-11H2,1-2H3,(H,24,26). The van der Waals surface area contributed by atoms with Crippen LogP contribution < -0.4 is 10.9 Å². The van der Waals surface area contributed by atoms with E-state index in [2.05, 4.69) is 10.3 Å². The number of hydrogen-bond donors (Lipinski definition) is 1. The Morgan fingerprint density at radius 3 is 2.50 bits per heavy atom. The summed E-state index contributed by atoms with van der Waals surface area (Å²) in [4.78, 5) is 29.5. The Morgan fingerprint density at radius 2 is 1.82 bits per heavy atom. The second-order valence-corrected chi connectivity index (χ2v) is 7.60. The van der Waals surface area contributed by atoms with Crippen molar-refractivity contribution in [2.45, 2.75) is 25.5 Å². The van der Waals surface area contributed by atoms with Gasteiger partial charge in [-0.25, -0.2) is 13.8 Å². The van der Waals surface area contributed by atoms with Crippen LogP contribution >= 0.6 is 11.8 Å². The van der Waals surface area contributed by atoms with Crippen molar-refractivity contribution in [2.24, 2.45) is 5.92 Å². The minimum Gasteiger partial charge on any atom is -0.320 e. The number of carbonyl (C=O) groups is 1. The van der Waals surface area contributed by atoms with Gasteiger partial charge < -0.3 is 5.32 Å². The van der Waals surface area contributed by atoms with Gasteiger partial charge in [0.1, 0.15) is 17.3 Å². The van der Waals surface area contributed by atoms with Crippen LogP contribution in [0.15, 0.2) is 52.4 Å². The minimum absolute atomic E-state index is 0.142. The van der Waals surface area contributed by atoms with Crippen LogP contribution in [-0.4, -0.2) is 21.2 Å². The molecule has 146 valence electrons. The number of para-hydroxylation sites is 2. The molecule has 0 aliphatic carbocycles. The molecule has 0 fully saturated rings. The maximum Gasteiger partial charge on any atom is 0.262 e. The molecule has 1 heterocycles. The van der Waals surface area contributed by atoms with Crippen molar-refractivity contribution >= 4 is 34.3 Å². The van der Waals surface area contributed by atoms with E-state index in [1.165, 1.54) is 10.6 Å². The lowest BCUT2D eigenvalue weighted by Gasteiger charge is -2.15. The summed E-state index contributed by atoms with van der Waals surface area (Å²) in [6.45, 7) is 4.40. The third-order valence-electron chi connectivity index (χ3n) is 3.93. The van der Waals surface area contributed by atoms with E-state index in [-0.39, 0.29) is 17.2 Å². The van der Waals surface area contributed by atoms with E-state index in [1.807, 2.05) is 13.8 Å². The first-order valence-corrected chi connectivity index (χ1v) is 9.71. The van der Waals surface area contributed by atoms with Gasteiger partial charge >= 0.3 is 0 Å². The van der Waals surface area contributed by atoms with Crippen LogP contribution in [0.3, 0.4) is 0 Å². The van der Waals surface area contributed by atoms with Gasteiger partial charge in [0.15, 0.2) is 5.16 Å². The number of nitrogens with one attached hydrogen (secondary N) is 1. The van der Waals surface area contributed by atoms with Gasteiger partial charge in [-0.1, -0.05) is 43.8 Å². The van der Waals surface area contributed by atoms with Gasteiger partial charge in [-0.3, -0.25) is 14.2 Å². The van der Waals surface area contributed by atoms with E-state index < -0.39 is 23.2 Å². The molecule has 0 atom stereocenters. The summed E-state index contributed by atoms with van der Waals surface area (Å²) >= 11 is 1.05. The number of aromatic nitrogens is 2. The van der Waals surface area contributed by atoms with Gasteiger partial charge in [-0.15, -0.1) is 0 Å². The molecule has 2 aromatic carbocycles. The fourth-order valence-corrected chi connectivity index (χ4v) is 3.52. The highest BCUT2D eigenvalue weighted by molar-refractivity contribution is 7.99. The minimum atomic E-state index is -0.848. The number of rotatable bonds is 6. The molecule has 0 unspecified atom stereocenters. The normalized spacial score (nSPS) is 11.2. The van der Waals surface area contributed by atoms with E-state index in [4.69, 9.17) is 0 Å². The molecule has 3 rings (SSSR count). The van der Waals surface area contributed by atoms with Crippen LogP contribution in [0.25, 0.3) is 10.9 Å². The van der Waals surface area contributed by atoms with Crippen molar-refractivity contribution < 1.29 is 13.6 Å². The van der Waals surface area contributed by atoms with Crippen molar-refractivity contribution in [3.8, 4) is 0 Å². The Bertz CT molecular complexity index is 1060. The van der Waals surface area contributed by atoms with Crippen LogP contribution in [0, 0.1) is 17.6 Å². The fraction of sp³-hybridized carbons (Fsp3) is 0.250. The van der Waals surface area contributed by atoms with E-state index in [1.54, 1.807) is 24.3 Å². The highest BCUT2D eigenvalue weighted by atomic mass is 32.2. The van der Waals surface area contributed by atoms with Gasteiger partial charge in [0.25, 0.3) is 5.56 Å². The molecule has 5 nitrogen and oxygen atoms in total. The van der Waals surface area contributed by atoms with Crippen LogP contribution in [0.1, 0.15) is 13.8 Å². The van der Waals surface area contributed by atoms with Crippen LogP contribution in [0.4, 0.5) is 14.5 Å². The van der Waals surface area contributed by atoms with Crippen LogP contribution in [0.2, 0.25) is 0 Å². The molecular formula is C20H19F2N3O2S. The molecule has 0 radical (unpaired) electrons. The molecule has 1 aromatic heterocycles. The van der Waals surface area contributed by atoms with Crippen molar-refractivity contribution in [3.63, 3.8) is 0 Å². The van der Waals surface area contributed by atoms with Gasteiger partial charge in [-0.05, 0) is 30.2 Å². The van der Waals surface area contributed by atoms with Crippen molar-refractivity contribution in [2.75, 3.05) is 11.1 Å². The third-order valence-corrected chi connectivity index (χ3v) is 4.91. The monoisotopic (exact) mass is 403 g/mol. The molecule has 1 N–H and O–H groups in total. The number of halogens is 2. The Balaban J connectivity index is 1.85. The topological polar surface area (TPSA) is 64.0 Å². The highest BCUT2D eigenvalue weighted by Gasteiger charge is 2.16. The quantitative estimate of drug-likeness (QED) is 0.498. The smallest absolute Gasteiger partial charge is 0.262 e. The maximum atomic E-state index is 13.7. The van der Waals surface area contributed by atoms with E-state index >= 15 is 0 Å². The third kappa shape index (κ3) is 4.39. The average Bonchev–Trinajstić information content (AvgIpc) is 2.65. The highest BCUT2D eigenvalue weighted by Crippen LogP contribution is 2.21. The number of nitrogens with zero attached hydrogens (tertiary/aromatic N) is 2. The maximum absolute atomic E-state index is 13.7. The number of amides is 1. The molecule has 3 aromatic rings. The molecule has 8 heteroatoms. The van der Waals surface area contributed by atoms with Gasteiger partial charge in [0.2, 0.25) is 5.91 Å². The zero-order valence-electron chi connectivity index (χ0n) is 15.4. The summed E-state index contributed by atoms with van der Waals surface area (Å²) in [6.07, 6.45) is 0. The SMILES string of the molecule is CC(C)Cn1c(SCC(=O)Nc2c(F)cccc2F)nc2ccccc2c1=O. The Morgan fingerprint density at radius 1 is 1.14 bits per heavy atom. The van der Waals surface area contributed by atoms with Gasteiger partial charge in [0.05, 0.1) is 16.7 Å². The number of thioether (sulfide) groups is 1. The molecule has 0 bridgehead atoms. The predicted molar refractivity (Wildman–Crippen MR) is 107 cm³/mol. The van der Waals surface area contributed by atoms with Crippen LogP contribution in [-0.2, 0) is 11.3 Å². The first kappa shape index (κ1) is 20.0. The number of benzene rings is 2. The number of hydrogen-bond acceptors (Lipinski definition) is 4. The lowest BCUT2D eigenvalue weighted by Crippen LogP contribution is -2.26. The van der Waals surface area contributed by atoms with E-state index in [0.717, 1.165) is 23.9 Å². The molecule has 28 heavy (non-hydrogen) atoms. The Hall–Kier alpha value is -2.74. The molecular weight excluding hydrogens is 384 g/mol. The predicted octanol–water partition coefficient (Wildman–Crippen LogP) is 4.06. The zero-order valence-corrected chi connectivity index (χ0v) is 16.2. The van der Waals surface area contributed by atoms with Crippen LogP contribution in [0.5, 0.6) is 0 Å². The zero-order chi connectivity index (χ0) is 20.3. The number of carbonyl (C=O) groups excluding carboxylic acids is 1. The summed E-state index contributed by atoms with van der Waals surface area (Å²) in [5, 5.41) is 3.13.